The van der Waals surface area contributed by atoms with E-state index < -0.39 is 17.9 Å². The number of nitrogen functional groups attached to an aromatic ring is 1. The molecule has 3 amide bonds. The van der Waals surface area contributed by atoms with Gasteiger partial charge in [0.05, 0.1) is 5.69 Å². The number of hydrogen-bond donors (Lipinski definition) is 4. The summed E-state index contributed by atoms with van der Waals surface area (Å²) in [6.45, 7) is 3.93. The number of hydrogen-bond acceptors (Lipinski definition) is 6. The maximum atomic E-state index is 14.3. The summed E-state index contributed by atoms with van der Waals surface area (Å²) in [7, 11) is 0. The van der Waals surface area contributed by atoms with Crippen LogP contribution in [-0.4, -0.2) is 33.1 Å². The molecule has 38 heavy (non-hydrogen) atoms. The first-order chi connectivity index (χ1) is 18.3. The minimum atomic E-state index is -1.01. The molecule has 2 aromatic carbocycles. The third-order valence-corrected chi connectivity index (χ3v) is 8.12. The lowest BCUT2D eigenvalue weighted by molar-refractivity contribution is -0.123. The summed E-state index contributed by atoms with van der Waals surface area (Å²) in [6, 6.07) is 12.3. The van der Waals surface area contributed by atoms with Gasteiger partial charge in [-0.1, -0.05) is 37.1 Å². The Balaban J connectivity index is 1.70. The number of nitrogens with zero attached hydrogens (tertiary/aromatic N) is 2. The summed E-state index contributed by atoms with van der Waals surface area (Å²) in [5.74, 6) is -1.64. The van der Waals surface area contributed by atoms with Gasteiger partial charge in [0, 0.05) is 34.4 Å². The summed E-state index contributed by atoms with van der Waals surface area (Å²) in [4.78, 5) is 45.0. The van der Waals surface area contributed by atoms with Gasteiger partial charge in [0.25, 0.3) is 11.8 Å². The number of aromatic nitrogens is 2. The SMILES string of the molecule is Cc1ccc(N(C(=O)c2snc(C(N)=O)c2N)[C@@H](C(=O)NC2CCCC2)c2c[nH]c3ccccc23)cc1C. The van der Waals surface area contributed by atoms with E-state index in [1.54, 1.807) is 6.20 Å². The van der Waals surface area contributed by atoms with E-state index in [9.17, 15) is 14.4 Å². The predicted octanol–water partition coefficient (Wildman–Crippen LogP) is 4.37. The van der Waals surface area contributed by atoms with Gasteiger partial charge in [-0.3, -0.25) is 19.3 Å². The van der Waals surface area contributed by atoms with Gasteiger partial charge in [-0.05, 0) is 67.5 Å². The van der Waals surface area contributed by atoms with Crippen molar-refractivity contribution in [3.05, 3.63) is 75.9 Å². The second kappa shape index (κ2) is 10.3. The van der Waals surface area contributed by atoms with Crippen molar-refractivity contribution >= 4 is 51.5 Å². The molecule has 0 aliphatic heterocycles. The fourth-order valence-corrected chi connectivity index (χ4v) is 5.81. The smallest absolute Gasteiger partial charge is 0.273 e. The van der Waals surface area contributed by atoms with Crippen LogP contribution in [0.25, 0.3) is 10.9 Å². The lowest BCUT2D eigenvalue weighted by Crippen LogP contribution is -2.46. The molecular formula is C28H30N6O3S. The monoisotopic (exact) mass is 530 g/mol. The molecule has 0 unspecified atom stereocenters. The molecule has 2 aromatic heterocycles. The Morgan fingerprint density at radius 3 is 2.53 bits per heavy atom. The largest absolute Gasteiger partial charge is 0.395 e. The summed E-state index contributed by atoms with van der Waals surface area (Å²) in [6.07, 6.45) is 5.67. The van der Waals surface area contributed by atoms with E-state index >= 15 is 0 Å². The third kappa shape index (κ3) is 4.63. The second-order valence-electron chi connectivity index (χ2n) is 9.76. The van der Waals surface area contributed by atoms with Crippen LogP contribution >= 0.6 is 11.5 Å². The number of para-hydroxylation sites is 1. The van der Waals surface area contributed by atoms with Gasteiger partial charge >= 0.3 is 0 Å². The van der Waals surface area contributed by atoms with E-state index in [1.807, 2.05) is 56.3 Å². The fraction of sp³-hybridized carbons (Fsp3) is 0.286. The van der Waals surface area contributed by atoms with Crippen molar-refractivity contribution in [3.63, 3.8) is 0 Å². The number of fused-ring (bicyclic) bond motifs is 1. The average molecular weight is 531 g/mol. The zero-order valence-electron chi connectivity index (χ0n) is 21.3. The van der Waals surface area contributed by atoms with Crippen molar-refractivity contribution in [2.75, 3.05) is 10.6 Å². The zero-order valence-corrected chi connectivity index (χ0v) is 22.1. The average Bonchev–Trinajstić information content (AvgIpc) is 3.64. The maximum Gasteiger partial charge on any atom is 0.273 e. The molecule has 0 radical (unpaired) electrons. The molecule has 1 aliphatic rings. The van der Waals surface area contributed by atoms with Gasteiger partial charge in [-0.2, -0.15) is 4.37 Å². The van der Waals surface area contributed by atoms with E-state index in [-0.39, 0.29) is 28.2 Å². The number of benzene rings is 2. The molecule has 0 bridgehead atoms. The van der Waals surface area contributed by atoms with E-state index in [1.165, 1.54) is 4.90 Å². The number of nitrogens with two attached hydrogens (primary N) is 2. The molecule has 10 heteroatoms. The topological polar surface area (TPSA) is 147 Å². The molecule has 6 N–H and O–H groups in total. The molecule has 1 atom stereocenters. The van der Waals surface area contributed by atoms with Crippen molar-refractivity contribution in [2.45, 2.75) is 51.6 Å². The van der Waals surface area contributed by atoms with E-state index in [0.29, 0.717) is 11.3 Å². The van der Waals surface area contributed by atoms with Crippen LogP contribution in [0.2, 0.25) is 0 Å². The van der Waals surface area contributed by atoms with Gasteiger partial charge < -0.3 is 21.8 Å². The first-order valence-corrected chi connectivity index (χ1v) is 13.4. The first kappa shape index (κ1) is 25.5. The van der Waals surface area contributed by atoms with Gasteiger partial charge in [-0.15, -0.1) is 0 Å². The molecule has 1 saturated carbocycles. The number of aromatic amines is 1. The fourth-order valence-electron chi connectivity index (χ4n) is 5.07. The third-order valence-electron chi connectivity index (χ3n) is 7.27. The molecule has 1 fully saturated rings. The Bertz CT molecular complexity index is 1530. The minimum Gasteiger partial charge on any atom is -0.395 e. The van der Waals surface area contributed by atoms with Crippen LogP contribution < -0.4 is 21.7 Å². The summed E-state index contributed by atoms with van der Waals surface area (Å²) >= 11 is 0.799. The molecule has 9 nitrogen and oxygen atoms in total. The van der Waals surface area contributed by atoms with Crippen LogP contribution in [0.5, 0.6) is 0 Å². The van der Waals surface area contributed by atoms with Crippen molar-refractivity contribution in [2.24, 2.45) is 5.73 Å². The minimum absolute atomic E-state index is 0.0434. The summed E-state index contributed by atoms with van der Waals surface area (Å²) in [5.41, 5.74) is 15.4. The van der Waals surface area contributed by atoms with Crippen molar-refractivity contribution in [1.29, 1.82) is 0 Å². The molecule has 1 aliphatic carbocycles. The van der Waals surface area contributed by atoms with Crippen molar-refractivity contribution < 1.29 is 14.4 Å². The molecule has 0 spiro atoms. The number of carbonyl (C=O) groups excluding carboxylic acids is 3. The Morgan fingerprint density at radius 2 is 1.84 bits per heavy atom. The number of nitrogens with one attached hydrogen (secondary N) is 2. The van der Waals surface area contributed by atoms with Gasteiger partial charge in [-0.25, -0.2) is 0 Å². The number of primary amides is 1. The van der Waals surface area contributed by atoms with E-state index in [4.69, 9.17) is 11.5 Å². The number of amides is 3. The summed E-state index contributed by atoms with van der Waals surface area (Å²) in [5, 5.41) is 4.02. The lowest BCUT2D eigenvalue weighted by Gasteiger charge is -2.32. The van der Waals surface area contributed by atoms with Gasteiger partial charge in [0.15, 0.2) is 5.69 Å². The Morgan fingerprint density at radius 1 is 1.11 bits per heavy atom. The Hall–Kier alpha value is -4.18. The zero-order chi connectivity index (χ0) is 27.0. The van der Waals surface area contributed by atoms with Crippen molar-refractivity contribution in [1.82, 2.24) is 14.7 Å². The normalized spacial score (nSPS) is 14.5. The number of H-pyrrole nitrogens is 1. The molecular weight excluding hydrogens is 500 g/mol. The highest BCUT2D eigenvalue weighted by Gasteiger charge is 2.38. The van der Waals surface area contributed by atoms with Gasteiger partial charge in [0.2, 0.25) is 5.91 Å². The van der Waals surface area contributed by atoms with Crippen LogP contribution in [0.15, 0.2) is 48.7 Å². The molecule has 0 saturated heterocycles. The quantitative estimate of drug-likeness (QED) is 0.280. The van der Waals surface area contributed by atoms with Crippen LogP contribution in [0.1, 0.15) is 68.6 Å². The van der Waals surface area contributed by atoms with Gasteiger partial charge in [0.1, 0.15) is 10.9 Å². The van der Waals surface area contributed by atoms with E-state index in [2.05, 4.69) is 14.7 Å². The van der Waals surface area contributed by atoms with Crippen LogP contribution in [0.4, 0.5) is 11.4 Å². The lowest BCUT2D eigenvalue weighted by atomic mass is 10.00. The number of aryl methyl sites for hydroxylation is 2. The number of rotatable bonds is 7. The molecule has 2 heterocycles. The van der Waals surface area contributed by atoms with E-state index in [0.717, 1.165) is 59.2 Å². The first-order valence-electron chi connectivity index (χ1n) is 12.6. The maximum absolute atomic E-state index is 14.3. The molecule has 4 aromatic rings. The molecule has 5 rings (SSSR count). The Kier molecular flexibility index (Phi) is 6.90. The van der Waals surface area contributed by atoms with Crippen LogP contribution in [0, 0.1) is 13.8 Å². The van der Waals surface area contributed by atoms with Crippen LogP contribution in [-0.2, 0) is 4.79 Å². The highest BCUT2D eigenvalue weighted by atomic mass is 32.1. The highest BCUT2D eigenvalue weighted by molar-refractivity contribution is 7.09. The highest BCUT2D eigenvalue weighted by Crippen LogP contribution is 2.37. The molecule has 196 valence electrons. The second-order valence-corrected chi connectivity index (χ2v) is 10.5. The van der Waals surface area contributed by atoms with Crippen molar-refractivity contribution in [3.8, 4) is 0 Å². The van der Waals surface area contributed by atoms with Crippen LogP contribution in [0.3, 0.4) is 0 Å². The predicted molar refractivity (Wildman–Crippen MR) is 149 cm³/mol. The Labute approximate surface area is 224 Å². The standard InChI is InChI=1S/C28H30N6O3S/c1-15-11-12-18(13-16(15)2)34(28(37)25-22(29)23(26(30)35)33-38-25)24(27(36)32-17-7-3-4-8-17)20-14-31-21-10-6-5-9-19(20)21/h5-6,9-14,17,24,31H,3-4,7-8,29H2,1-2H3,(H2,30,35)(H,32,36)/t24-/m1/s1. The summed E-state index contributed by atoms with van der Waals surface area (Å²) < 4.78 is 4.03. The number of anilines is 2. The number of carbonyl (C=O) groups is 3.